The summed E-state index contributed by atoms with van der Waals surface area (Å²) >= 11 is 0. The Morgan fingerprint density at radius 2 is 1.53 bits per heavy atom. The van der Waals surface area contributed by atoms with Gasteiger partial charge in [0.1, 0.15) is 0 Å². The van der Waals surface area contributed by atoms with E-state index >= 15 is 0 Å². The molecule has 0 aliphatic rings. The Morgan fingerprint density at radius 1 is 0.842 bits per heavy atom. The summed E-state index contributed by atoms with van der Waals surface area (Å²) in [6.45, 7) is 4.11. The van der Waals surface area contributed by atoms with Crippen LogP contribution >= 0.6 is 0 Å². The molecule has 1 atom stereocenters. The lowest BCUT2D eigenvalue weighted by atomic mass is 10.1. The van der Waals surface area contributed by atoms with E-state index in [1.54, 1.807) is 0 Å². The first kappa shape index (κ1) is 18.8. The van der Waals surface area contributed by atoms with E-state index in [1.165, 1.54) is 25.7 Å². The molecule has 5 nitrogen and oxygen atoms in total. The summed E-state index contributed by atoms with van der Waals surface area (Å²) in [5.41, 5.74) is 0. The zero-order chi connectivity index (χ0) is 14.2. The summed E-state index contributed by atoms with van der Waals surface area (Å²) in [5, 5.41) is 17.9. The van der Waals surface area contributed by atoms with Gasteiger partial charge in [-0.15, -0.1) is 0 Å². The number of unbranched alkanes of at least 4 members (excludes halogenated alkanes) is 5. The normalized spacial score (nSPS) is 12.8. The van der Waals surface area contributed by atoms with Crippen LogP contribution in [-0.4, -0.2) is 56.1 Å². The molecule has 0 aromatic carbocycles. The van der Waals surface area contributed by atoms with E-state index in [1.807, 2.05) is 0 Å². The maximum Gasteiger partial charge on any atom is 0.178 e. The number of aliphatic hydroxyl groups excluding tert-OH is 2. The quantitative estimate of drug-likeness (QED) is 0.352. The third-order valence-corrected chi connectivity index (χ3v) is 2.68. The van der Waals surface area contributed by atoms with Gasteiger partial charge in [0.2, 0.25) is 0 Å². The Bertz CT molecular complexity index is 166. The molecule has 0 rings (SSSR count). The van der Waals surface area contributed by atoms with Crippen molar-refractivity contribution in [1.82, 2.24) is 0 Å². The van der Waals surface area contributed by atoms with Crippen LogP contribution < -0.4 is 0 Å². The first-order valence-corrected chi connectivity index (χ1v) is 7.37. The molecule has 0 spiro atoms. The average Bonchev–Trinajstić information content (AvgIpc) is 2.41. The van der Waals surface area contributed by atoms with Gasteiger partial charge in [0.05, 0.1) is 33.0 Å². The van der Waals surface area contributed by atoms with E-state index in [-0.39, 0.29) is 13.2 Å². The van der Waals surface area contributed by atoms with Gasteiger partial charge in [-0.3, -0.25) is 0 Å². The molecule has 2 N–H and O–H groups in total. The maximum absolute atomic E-state index is 9.46. The molecule has 0 amide bonds. The predicted molar refractivity (Wildman–Crippen MR) is 74.1 cm³/mol. The van der Waals surface area contributed by atoms with Crippen LogP contribution in [0.1, 0.15) is 45.4 Å². The van der Waals surface area contributed by atoms with Crippen LogP contribution in [0.2, 0.25) is 0 Å². The summed E-state index contributed by atoms with van der Waals surface area (Å²) in [6, 6.07) is 0. The molecule has 0 aliphatic carbocycles. The topological polar surface area (TPSA) is 68.2 Å². The zero-order valence-electron chi connectivity index (χ0n) is 12.2. The molecule has 0 aliphatic heterocycles. The fourth-order valence-corrected chi connectivity index (χ4v) is 1.62. The Balaban J connectivity index is 3.10. The maximum atomic E-state index is 9.46. The monoisotopic (exact) mass is 278 g/mol. The van der Waals surface area contributed by atoms with Crippen molar-refractivity contribution in [3.8, 4) is 0 Å². The van der Waals surface area contributed by atoms with E-state index in [4.69, 9.17) is 19.3 Å². The minimum atomic E-state index is -0.853. The highest BCUT2D eigenvalue weighted by atomic mass is 16.6. The van der Waals surface area contributed by atoms with Gasteiger partial charge in [-0.2, -0.15) is 0 Å². The lowest BCUT2D eigenvalue weighted by molar-refractivity contribution is -0.141. The van der Waals surface area contributed by atoms with Crippen molar-refractivity contribution in [2.45, 2.75) is 51.7 Å². The number of hydrogen-bond donors (Lipinski definition) is 2. The molecule has 0 radical (unpaired) electrons. The van der Waals surface area contributed by atoms with Crippen LogP contribution in [0, 0.1) is 0 Å². The van der Waals surface area contributed by atoms with Gasteiger partial charge >= 0.3 is 0 Å². The van der Waals surface area contributed by atoms with Gasteiger partial charge in [0.25, 0.3) is 0 Å². The number of hydrogen-bond acceptors (Lipinski definition) is 5. The average molecular weight is 278 g/mol. The van der Waals surface area contributed by atoms with Crippen molar-refractivity contribution >= 4 is 0 Å². The standard InChI is InChI=1S/C14H30O5/c1-2-3-4-5-6-7-9-19-14(16)13-18-12-11-17-10-8-15/h14-16H,2-13H2,1H3. The Hall–Kier alpha value is -0.200. The van der Waals surface area contributed by atoms with E-state index in [9.17, 15) is 5.11 Å². The Labute approximate surface area is 116 Å². The molecule has 0 aromatic heterocycles. The number of rotatable bonds is 15. The Kier molecular flexibility index (Phi) is 15.7. The fourth-order valence-electron chi connectivity index (χ4n) is 1.62. The highest BCUT2D eigenvalue weighted by Gasteiger charge is 2.03. The summed E-state index contributed by atoms with van der Waals surface area (Å²) < 4.78 is 15.4. The first-order valence-electron chi connectivity index (χ1n) is 7.37. The highest BCUT2D eigenvalue weighted by molar-refractivity contribution is 4.45. The molecule has 0 bridgehead atoms. The second-order valence-corrected chi connectivity index (χ2v) is 4.50. The molecule has 5 heteroatoms. The van der Waals surface area contributed by atoms with Crippen LogP contribution in [0.4, 0.5) is 0 Å². The third-order valence-electron chi connectivity index (χ3n) is 2.68. The number of ether oxygens (including phenoxy) is 3. The smallest absolute Gasteiger partial charge is 0.178 e. The van der Waals surface area contributed by atoms with Gasteiger partial charge in [-0.1, -0.05) is 39.0 Å². The van der Waals surface area contributed by atoms with Crippen LogP contribution in [-0.2, 0) is 14.2 Å². The molecule has 0 aromatic rings. The molecule has 0 saturated carbocycles. The van der Waals surface area contributed by atoms with E-state index in [0.717, 1.165) is 12.8 Å². The van der Waals surface area contributed by atoms with Gasteiger partial charge in [-0.05, 0) is 6.42 Å². The van der Waals surface area contributed by atoms with Crippen molar-refractivity contribution in [3.63, 3.8) is 0 Å². The fraction of sp³-hybridized carbons (Fsp3) is 1.00. The van der Waals surface area contributed by atoms with Crippen LogP contribution in [0.3, 0.4) is 0 Å². The summed E-state index contributed by atoms with van der Waals surface area (Å²) in [7, 11) is 0. The van der Waals surface area contributed by atoms with Crippen LogP contribution in [0.5, 0.6) is 0 Å². The largest absolute Gasteiger partial charge is 0.394 e. The van der Waals surface area contributed by atoms with Crippen molar-refractivity contribution in [3.05, 3.63) is 0 Å². The summed E-state index contributed by atoms with van der Waals surface area (Å²) in [5.74, 6) is 0. The summed E-state index contributed by atoms with van der Waals surface area (Å²) in [6.07, 6.45) is 6.38. The van der Waals surface area contributed by atoms with Gasteiger partial charge in [0, 0.05) is 6.61 Å². The predicted octanol–water partition coefficient (Wildman–Crippen LogP) is 1.71. The van der Waals surface area contributed by atoms with Crippen LogP contribution in [0.25, 0.3) is 0 Å². The van der Waals surface area contributed by atoms with Crippen molar-refractivity contribution < 1.29 is 24.4 Å². The van der Waals surface area contributed by atoms with E-state index in [0.29, 0.717) is 26.4 Å². The summed E-state index contributed by atoms with van der Waals surface area (Å²) in [4.78, 5) is 0. The molecular weight excluding hydrogens is 248 g/mol. The zero-order valence-corrected chi connectivity index (χ0v) is 12.2. The van der Waals surface area contributed by atoms with Gasteiger partial charge in [0.15, 0.2) is 6.29 Å². The second-order valence-electron chi connectivity index (χ2n) is 4.50. The lowest BCUT2D eigenvalue weighted by Gasteiger charge is -2.12. The van der Waals surface area contributed by atoms with Gasteiger partial charge in [-0.25, -0.2) is 0 Å². The lowest BCUT2D eigenvalue weighted by Crippen LogP contribution is -2.21. The molecule has 1 unspecified atom stereocenters. The van der Waals surface area contributed by atoms with E-state index in [2.05, 4.69) is 6.92 Å². The van der Waals surface area contributed by atoms with Crippen molar-refractivity contribution in [2.24, 2.45) is 0 Å². The molecule has 116 valence electrons. The van der Waals surface area contributed by atoms with Crippen molar-refractivity contribution in [1.29, 1.82) is 0 Å². The molecule has 0 fully saturated rings. The number of aliphatic hydroxyl groups is 2. The molecular formula is C14H30O5. The third kappa shape index (κ3) is 15.7. The first-order chi connectivity index (χ1) is 9.31. The minimum Gasteiger partial charge on any atom is -0.394 e. The minimum absolute atomic E-state index is 0.0178. The molecule has 0 heterocycles. The van der Waals surface area contributed by atoms with E-state index < -0.39 is 6.29 Å². The molecule has 19 heavy (non-hydrogen) atoms. The van der Waals surface area contributed by atoms with Crippen LogP contribution in [0.15, 0.2) is 0 Å². The SMILES string of the molecule is CCCCCCCCOC(O)COCCOCCO. The van der Waals surface area contributed by atoms with Crippen molar-refractivity contribution in [2.75, 3.05) is 39.6 Å². The van der Waals surface area contributed by atoms with Gasteiger partial charge < -0.3 is 24.4 Å². The highest BCUT2D eigenvalue weighted by Crippen LogP contribution is 2.05. The second kappa shape index (κ2) is 15.9. The Morgan fingerprint density at radius 3 is 2.26 bits per heavy atom. The molecule has 0 saturated heterocycles.